The molecule has 1 saturated carbocycles. The van der Waals surface area contributed by atoms with Crippen molar-refractivity contribution in [3.05, 3.63) is 65.2 Å². The van der Waals surface area contributed by atoms with Gasteiger partial charge in [0.2, 0.25) is 0 Å². The molecule has 0 unspecified atom stereocenters. The number of hydrogen-bond acceptors (Lipinski definition) is 4. The number of aliphatic hydroxyl groups excluding tert-OH is 2. The Morgan fingerprint density at radius 2 is 1.65 bits per heavy atom. The zero-order valence-electron chi connectivity index (χ0n) is 12.3. The van der Waals surface area contributed by atoms with Gasteiger partial charge in [-0.25, -0.2) is 8.42 Å². The van der Waals surface area contributed by atoms with Gasteiger partial charge in [0.05, 0.1) is 23.4 Å². The van der Waals surface area contributed by atoms with Crippen molar-refractivity contribution in [1.82, 2.24) is 0 Å². The fraction of sp³-hybridized carbons (Fsp3) is 0.294. The number of hydrogen-bond donors (Lipinski definition) is 2. The lowest BCUT2D eigenvalue weighted by molar-refractivity contribution is 0.130. The second-order valence-corrected chi connectivity index (χ2v) is 8.37. The second kappa shape index (κ2) is 5.91. The minimum atomic E-state index is -3.67. The molecule has 3 rings (SSSR count). The van der Waals surface area contributed by atoms with Crippen LogP contribution in [0.15, 0.2) is 59.5 Å². The minimum absolute atomic E-state index is 0.195. The van der Waals surface area contributed by atoms with Crippen molar-refractivity contribution in [1.29, 1.82) is 0 Å². The van der Waals surface area contributed by atoms with Crippen molar-refractivity contribution in [3.63, 3.8) is 0 Å². The summed E-state index contributed by atoms with van der Waals surface area (Å²) in [5.41, 5.74) is -0.371. The molecule has 122 valence electrons. The van der Waals surface area contributed by atoms with Crippen LogP contribution in [0.25, 0.3) is 0 Å². The first-order chi connectivity index (χ1) is 11.0. The van der Waals surface area contributed by atoms with E-state index in [9.17, 15) is 18.6 Å². The van der Waals surface area contributed by atoms with Crippen molar-refractivity contribution >= 4 is 21.4 Å². The summed E-state index contributed by atoms with van der Waals surface area (Å²) in [6.45, 7) is -0.811. The molecule has 4 nitrogen and oxygen atoms in total. The molecule has 6 heteroatoms. The summed E-state index contributed by atoms with van der Waals surface area (Å²) in [4.78, 5) is 0.195. The third-order valence-corrected chi connectivity index (χ3v) is 7.16. The van der Waals surface area contributed by atoms with Gasteiger partial charge in [-0.3, -0.25) is 0 Å². The van der Waals surface area contributed by atoms with Crippen LogP contribution in [0.4, 0.5) is 0 Å². The van der Waals surface area contributed by atoms with Crippen LogP contribution in [0.2, 0.25) is 5.02 Å². The van der Waals surface area contributed by atoms with E-state index < -0.39 is 39.6 Å². The molecule has 1 fully saturated rings. The number of halogens is 1. The van der Waals surface area contributed by atoms with E-state index in [1.807, 2.05) is 0 Å². The van der Waals surface area contributed by atoms with Gasteiger partial charge in [0.15, 0.2) is 9.84 Å². The summed E-state index contributed by atoms with van der Waals surface area (Å²) in [6.07, 6.45) is 0. The summed E-state index contributed by atoms with van der Waals surface area (Å²) in [5, 5.41) is 19.2. The van der Waals surface area contributed by atoms with E-state index in [-0.39, 0.29) is 4.90 Å². The number of sulfone groups is 1. The Morgan fingerprint density at radius 1 is 1.00 bits per heavy atom. The highest BCUT2D eigenvalue weighted by Gasteiger charge is 2.70. The first-order valence-corrected chi connectivity index (χ1v) is 9.16. The van der Waals surface area contributed by atoms with E-state index >= 15 is 0 Å². The number of aliphatic hydroxyl groups is 2. The van der Waals surface area contributed by atoms with Gasteiger partial charge in [-0.15, -0.1) is 0 Å². The zero-order valence-corrected chi connectivity index (χ0v) is 13.8. The van der Waals surface area contributed by atoms with E-state index in [0.29, 0.717) is 10.6 Å². The molecule has 1 aliphatic rings. The Kier molecular flexibility index (Phi) is 4.23. The van der Waals surface area contributed by atoms with Gasteiger partial charge in [-0.1, -0.05) is 41.9 Å². The van der Waals surface area contributed by atoms with Crippen molar-refractivity contribution < 1.29 is 18.6 Å². The van der Waals surface area contributed by atoms with E-state index in [1.54, 1.807) is 42.5 Å². The van der Waals surface area contributed by atoms with Crippen molar-refractivity contribution in [2.75, 3.05) is 13.2 Å². The fourth-order valence-electron chi connectivity index (χ4n) is 3.33. The Balaban J connectivity index is 2.07. The molecule has 0 saturated heterocycles. The smallest absolute Gasteiger partial charge is 0.182 e. The zero-order chi connectivity index (χ0) is 16.7. The SMILES string of the molecule is O=S(=O)(c1ccccc1)[C@H]1[C@@H](c2cccc(Cl)c2)C1(CO)CO. The van der Waals surface area contributed by atoms with Gasteiger partial charge in [0.1, 0.15) is 0 Å². The predicted molar refractivity (Wildman–Crippen MR) is 88.2 cm³/mol. The summed E-state index contributed by atoms with van der Waals surface area (Å²) in [5.74, 6) is -0.485. The van der Waals surface area contributed by atoms with Crippen LogP contribution in [-0.2, 0) is 9.84 Å². The highest BCUT2D eigenvalue weighted by molar-refractivity contribution is 7.92. The topological polar surface area (TPSA) is 74.6 Å². The normalized spacial score (nSPS) is 22.7. The van der Waals surface area contributed by atoms with E-state index in [1.165, 1.54) is 12.1 Å². The lowest BCUT2D eigenvalue weighted by Gasteiger charge is -2.11. The summed E-state index contributed by atoms with van der Waals surface area (Å²) in [6, 6.07) is 15.0. The summed E-state index contributed by atoms with van der Waals surface area (Å²) >= 11 is 6.00. The first kappa shape index (κ1) is 16.5. The number of rotatable bonds is 5. The predicted octanol–water partition coefficient (Wildman–Crippen LogP) is 2.25. The fourth-order valence-corrected chi connectivity index (χ4v) is 5.98. The Bertz CT molecular complexity index is 800. The third-order valence-electron chi connectivity index (χ3n) is 4.58. The van der Waals surface area contributed by atoms with Crippen molar-refractivity contribution in [3.8, 4) is 0 Å². The van der Waals surface area contributed by atoms with Crippen LogP contribution < -0.4 is 0 Å². The van der Waals surface area contributed by atoms with Crippen LogP contribution in [0, 0.1) is 5.41 Å². The maximum Gasteiger partial charge on any atom is 0.182 e. The van der Waals surface area contributed by atoms with Gasteiger partial charge in [-0.2, -0.15) is 0 Å². The summed E-state index contributed by atoms with van der Waals surface area (Å²) < 4.78 is 25.9. The molecule has 2 N–H and O–H groups in total. The lowest BCUT2D eigenvalue weighted by Crippen LogP contribution is -2.22. The standard InChI is InChI=1S/C17H17ClO4S/c18-13-6-4-5-12(9-13)15-16(17(15,10-19)11-20)23(21,22)14-7-2-1-3-8-14/h1-9,15-16,19-20H,10-11H2/t15-,16+/m1/s1. The molecular weight excluding hydrogens is 336 g/mol. The Hall–Kier alpha value is -1.40. The molecule has 2 aromatic carbocycles. The van der Waals surface area contributed by atoms with Crippen LogP contribution >= 0.6 is 11.6 Å². The van der Waals surface area contributed by atoms with E-state index in [4.69, 9.17) is 11.6 Å². The van der Waals surface area contributed by atoms with Crippen molar-refractivity contribution in [2.24, 2.45) is 5.41 Å². The van der Waals surface area contributed by atoms with Crippen LogP contribution in [0.3, 0.4) is 0 Å². The number of benzene rings is 2. The molecule has 2 atom stereocenters. The average Bonchev–Trinajstić information content (AvgIpc) is 3.26. The van der Waals surface area contributed by atoms with E-state index in [2.05, 4.69) is 0 Å². The second-order valence-electron chi connectivity index (χ2n) is 5.86. The average molecular weight is 353 g/mol. The van der Waals surface area contributed by atoms with Crippen LogP contribution in [0.5, 0.6) is 0 Å². The monoisotopic (exact) mass is 352 g/mol. The molecule has 23 heavy (non-hydrogen) atoms. The first-order valence-electron chi connectivity index (χ1n) is 7.23. The largest absolute Gasteiger partial charge is 0.396 e. The maximum atomic E-state index is 12.9. The van der Waals surface area contributed by atoms with Gasteiger partial charge in [0.25, 0.3) is 0 Å². The van der Waals surface area contributed by atoms with Gasteiger partial charge < -0.3 is 10.2 Å². The molecule has 0 heterocycles. The molecule has 1 aliphatic carbocycles. The Labute approximate surface area is 140 Å². The lowest BCUT2D eigenvalue weighted by atomic mass is 10.0. The highest BCUT2D eigenvalue weighted by Crippen LogP contribution is 2.63. The van der Waals surface area contributed by atoms with Crippen LogP contribution in [-0.4, -0.2) is 37.1 Å². The highest BCUT2D eigenvalue weighted by atomic mass is 35.5. The molecule has 0 aromatic heterocycles. The molecule has 0 radical (unpaired) electrons. The quantitative estimate of drug-likeness (QED) is 0.865. The van der Waals surface area contributed by atoms with Gasteiger partial charge in [0, 0.05) is 16.4 Å². The molecule has 0 amide bonds. The molecule has 0 aliphatic heterocycles. The molecular formula is C17H17ClO4S. The molecule has 2 aromatic rings. The summed E-state index contributed by atoms with van der Waals surface area (Å²) in [7, 11) is -3.67. The molecule has 0 spiro atoms. The maximum absolute atomic E-state index is 12.9. The minimum Gasteiger partial charge on any atom is -0.396 e. The van der Waals surface area contributed by atoms with Crippen molar-refractivity contribution in [2.45, 2.75) is 16.1 Å². The Morgan fingerprint density at radius 3 is 2.22 bits per heavy atom. The van der Waals surface area contributed by atoms with Gasteiger partial charge in [-0.05, 0) is 29.8 Å². The third kappa shape index (κ3) is 2.58. The van der Waals surface area contributed by atoms with E-state index in [0.717, 1.165) is 0 Å². The molecule has 0 bridgehead atoms. The van der Waals surface area contributed by atoms with Gasteiger partial charge >= 0.3 is 0 Å². The van der Waals surface area contributed by atoms with Crippen LogP contribution in [0.1, 0.15) is 11.5 Å².